The standard InChI is InChI=1S/C8H6FNS/c9-5-7-3-1-2-4-8(7)10-6-11/h1-4H,5H2/i9-1. The minimum absolute atomic E-state index is 0.517. The number of halogens is 1. The number of hydrogen-bond acceptors (Lipinski definition) is 2. The molecule has 0 amide bonds. The van der Waals surface area contributed by atoms with Crippen molar-refractivity contribution in [2.45, 2.75) is 6.67 Å². The van der Waals surface area contributed by atoms with E-state index in [1.807, 2.05) is 0 Å². The van der Waals surface area contributed by atoms with Gasteiger partial charge in [-0.05, 0) is 18.3 Å². The summed E-state index contributed by atoms with van der Waals surface area (Å²) in [6.45, 7) is -0.517. The van der Waals surface area contributed by atoms with Crippen LogP contribution >= 0.6 is 12.2 Å². The predicted molar refractivity (Wildman–Crippen MR) is 45.9 cm³/mol. The van der Waals surface area contributed by atoms with Gasteiger partial charge in [0, 0.05) is 5.56 Å². The molecule has 0 fully saturated rings. The molecule has 11 heavy (non-hydrogen) atoms. The maximum absolute atomic E-state index is 12.2. The Hall–Kier alpha value is -1.05. The number of aliphatic imine (C=N–C) groups is 1. The molecule has 0 radical (unpaired) electrons. The lowest BCUT2D eigenvalue weighted by Crippen LogP contribution is -1.77. The molecule has 1 nitrogen and oxygen atoms in total. The maximum atomic E-state index is 12.2. The van der Waals surface area contributed by atoms with Crippen LogP contribution in [0.1, 0.15) is 5.56 Å². The molecule has 1 aromatic rings. The second-order valence-electron chi connectivity index (χ2n) is 1.97. The van der Waals surface area contributed by atoms with Gasteiger partial charge >= 0.3 is 0 Å². The van der Waals surface area contributed by atoms with E-state index in [-0.39, 0.29) is 0 Å². The summed E-state index contributed by atoms with van der Waals surface area (Å²) in [5.41, 5.74) is 1.11. The van der Waals surface area contributed by atoms with Crippen molar-refractivity contribution in [3.05, 3.63) is 29.8 Å². The summed E-state index contributed by atoms with van der Waals surface area (Å²) >= 11 is 4.40. The van der Waals surface area contributed by atoms with Crippen LogP contribution in [0.5, 0.6) is 0 Å². The van der Waals surface area contributed by atoms with Crippen molar-refractivity contribution in [2.75, 3.05) is 0 Å². The van der Waals surface area contributed by atoms with Crippen molar-refractivity contribution in [3.8, 4) is 0 Å². The Kier molecular flexibility index (Phi) is 2.90. The average molecular weight is 166 g/mol. The van der Waals surface area contributed by atoms with E-state index in [9.17, 15) is 4.39 Å². The topological polar surface area (TPSA) is 12.4 Å². The Morgan fingerprint density at radius 2 is 2.18 bits per heavy atom. The van der Waals surface area contributed by atoms with E-state index in [0.29, 0.717) is 11.3 Å². The van der Waals surface area contributed by atoms with E-state index in [1.54, 1.807) is 24.3 Å². The lowest BCUT2D eigenvalue weighted by molar-refractivity contribution is 0.486. The summed E-state index contributed by atoms with van der Waals surface area (Å²) in [4.78, 5) is 3.70. The van der Waals surface area contributed by atoms with Crippen LogP contribution in [0.2, 0.25) is 0 Å². The Morgan fingerprint density at radius 3 is 2.82 bits per heavy atom. The Labute approximate surface area is 69.6 Å². The lowest BCUT2D eigenvalue weighted by Gasteiger charge is -1.96. The molecule has 0 N–H and O–H groups in total. The zero-order chi connectivity index (χ0) is 8.10. The molecule has 0 aliphatic heterocycles. The summed E-state index contributed by atoms with van der Waals surface area (Å²) in [6.07, 6.45) is 0. The van der Waals surface area contributed by atoms with Crippen molar-refractivity contribution in [1.82, 2.24) is 0 Å². The van der Waals surface area contributed by atoms with Crippen LogP contribution < -0.4 is 0 Å². The number of rotatable bonds is 2. The van der Waals surface area contributed by atoms with Crippen molar-refractivity contribution < 1.29 is 4.39 Å². The van der Waals surface area contributed by atoms with Crippen molar-refractivity contribution >= 4 is 23.1 Å². The van der Waals surface area contributed by atoms with Crippen LogP contribution in [0.15, 0.2) is 29.3 Å². The summed E-state index contributed by atoms with van der Waals surface area (Å²) in [6, 6.07) is 6.92. The Morgan fingerprint density at radius 1 is 1.45 bits per heavy atom. The monoisotopic (exact) mass is 166 g/mol. The summed E-state index contributed by atoms with van der Waals surface area (Å²) < 4.78 is 12.2. The predicted octanol–water partition coefficient (Wildman–Crippen LogP) is 2.89. The molecule has 56 valence electrons. The highest BCUT2D eigenvalue weighted by Crippen LogP contribution is 2.18. The molecule has 0 saturated heterocycles. The van der Waals surface area contributed by atoms with Crippen LogP contribution in [0.4, 0.5) is 10.1 Å². The minimum Gasteiger partial charge on any atom is -0.246 e. The molecule has 3 heteroatoms. The van der Waals surface area contributed by atoms with Gasteiger partial charge in [0.25, 0.3) is 0 Å². The third kappa shape index (κ3) is 1.93. The first kappa shape index (κ1) is 8.05. The number of nitrogens with zero attached hydrogens (tertiary/aromatic N) is 1. The molecule has 0 bridgehead atoms. The fraction of sp³-hybridized carbons (Fsp3) is 0.125. The third-order valence-electron chi connectivity index (χ3n) is 1.30. The van der Waals surface area contributed by atoms with Gasteiger partial charge in [-0.15, -0.1) is 0 Å². The number of hydrogen-bond donors (Lipinski definition) is 0. The molecule has 0 saturated carbocycles. The average Bonchev–Trinajstić information content (AvgIpc) is 2.06. The summed E-state index contributed by atoms with van der Waals surface area (Å²) in [5, 5.41) is 2.20. The largest absolute Gasteiger partial charge is 0.246 e. The zero-order valence-corrected chi connectivity index (χ0v) is 6.57. The highest BCUT2D eigenvalue weighted by atomic mass is 32.1. The summed E-state index contributed by atoms with van der Waals surface area (Å²) in [7, 11) is 0. The number of thiocarbonyl (C=S) groups is 1. The van der Waals surface area contributed by atoms with Gasteiger partial charge < -0.3 is 0 Å². The Balaban J connectivity index is 3.11. The first-order valence-electron chi connectivity index (χ1n) is 3.10. The molecule has 0 heterocycles. The van der Waals surface area contributed by atoms with Crippen molar-refractivity contribution in [3.63, 3.8) is 0 Å². The van der Waals surface area contributed by atoms with Crippen LogP contribution in [-0.2, 0) is 6.67 Å². The highest BCUT2D eigenvalue weighted by Gasteiger charge is 1.96. The van der Waals surface area contributed by atoms with Crippen molar-refractivity contribution in [1.29, 1.82) is 0 Å². The normalized spacial score (nSPS) is 8.82. The first-order valence-corrected chi connectivity index (χ1v) is 3.51. The Bertz CT molecular complexity index is 292. The van der Waals surface area contributed by atoms with Crippen LogP contribution in [0.25, 0.3) is 0 Å². The van der Waals surface area contributed by atoms with E-state index in [4.69, 9.17) is 0 Å². The zero-order valence-electron chi connectivity index (χ0n) is 5.75. The maximum Gasteiger partial charge on any atom is 0.117 e. The molecule has 0 atom stereocenters. The molecular weight excluding hydrogens is 160 g/mol. The number of alkyl halides is 1. The van der Waals surface area contributed by atoms with Gasteiger partial charge in [-0.25, -0.2) is 4.39 Å². The molecule has 0 aromatic heterocycles. The molecular formula is C8H6FNS. The quantitative estimate of drug-likeness (QED) is 0.486. The fourth-order valence-electron chi connectivity index (χ4n) is 0.782. The van der Waals surface area contributed by atoms with E-state index in [1.165, 1.54) is 0 Å². The van der Waals surface area contributed by atoms with Crippen LogP contribution in [-0.4, -0.2) is 5.16 Å². The van der Waals surface area contributed by atoms with E-state index < -0.39 is 6.67 Å². The molecule has 0 aliphatic rings. The number of isothiocyanates is 1. The first-order chi connectivity index (χ1) is 5.38. The van der Waals surface area contributed by atoms with Gasteiger partial charge in [0.15, 0.2) is 0 Å². The molecule has 1 aromatic carbocycles. The second-order valence-corrected chi connectivity index (χ2v) is 2.15. The smallest absolute Gasteiger partial charge is 0.117 e. The van der Waals surface area contributed by atoms with Gasteiger partial charge in [-0.3, -0.25) is 0 Å². The van der Waals surface area contributed by atoms with Gasteiger partial charge in [0.1, 0.15) is 6.67 Å². The lowest BCUT2D eigenvalue weighted by atomic mass is 10.2. The van der Waals surface area contributed by atoms with Gasteiger partial charge in [-0.1, -0.05) is 18.2 Å². The van der Waals surface area contributed by atoms with Crippen LogP contribution in [0, 0.1) is 0 Å². The van der Waals surface area contributed by atoms with Gasteiger partial charge in [0.05, 0.1) is 10.8 Å². The second kappa shape index (κ2) is 3.96. The minimum atomic E-state index is -0.517. The van der Waals surface area contributed by atoms with E-state index in [2.05, 4.69) is 22.4 Å². The highest BCUT2D eigenvalue weighted by molar-refractivity contribution is 7.78. The van der Waals surface area contributed by atoms with E-state index >= 15 is 0 Å². The van der Waals surface area contributed by atoms with Gasteiger partial charge in [0.2, 0.25) is 0 Å². The SMILES string of the molecule is [18F]Cc1ccccc1N=C=S. The van der Waals surface area contributed by atoms with E-state index in [0.717, 1.165) is 0 Å². The molecule has 1 rings (SSSR count). The van der Waals surface area contributed by atoms with Crippen molar-refractivity contribution in [2.24, 2.45) is 4.99 Å². The molecule has 0 aliphatic carbocycles. The molecule has 0 spiro atoms. The molecule has 0 unspecified atom stereocenters. The fourth-order valence-corrected chi connectivity index (χ4v) is 0.880. The summed E-state index contributed by atoms with van der Waals surface area (Å²) in [5.74, 6) is 0. The van der Waals surface area contributed by atoms with Crippen LogP contribution in [0.3, 0.4) is 0 Å². The third-order valence-corrected chi connectivity index (χ3v) is 1.39. The number of para-hydroxylation sites is 1. The number of benzene rings is 1. The van der Waals surface area contributed by atoms with Gasteiger partial charge in [-0.2, -0.15) is 4.99 Å².